The Morgan fingerprint density at radius 3 is 2.80 bits per heavy atom. The van der Waals surface area contributed by atoms with Gasteiger partial charge in [0.05, 0.1) is 17.3 Å². The molecular formula is C15H13BrN2OS. The number of hydrogen-bond acceptors (Lipinski definition) is 4. The summed E-state index contributed by atoms with van der Waals surface area (Å²) >= 11 is 5.16. The Morgan fingerprint density at radius 1 is 1.25 bits per heavy atom. The second-order valence-electron chi connectivity index (χ2n) is 4.31. The molecule has 1 aromatic heterocycles. The van der Waals surface area contributed by atoms with Crippen molar-refractivity contribution < 1.29 is 4.74 Å². The maximum absolute atomic E-state index is 5.27. The van der Waals surface area contributed by atoms with Crippen LogP contribution < -0.4 is 10.1 Å². The van der Waals surface area contributed by atoms with E-state index in [0.717, 1.165) is 32.1 Å². The molecule has 0 saturated carbocycles. The molecule has 2 aromatic carbocycles. The van der Waals surface area contributed by atoms with Gasteiger partial charge in [0.25, 0.3) is 0 Å². The van der Waals surface area contributed by atoms with Crippen LogP contribution in [-0.2, 0) is 6.54 Å². The third kappa shape index (κ3) is 2.78. The van der Waals surface area contributed by atoms with Gasteiger partial charge < -0.3 is 10.1 Å². The van der Waals surface area contributed by atoms with E-state index in [9.17, 15) is 0 Å². The van der Waals surface area contributed by atoms with Gasteiger partial charge in [0.15, 0.2) is 5.13 Å². The Labute approximate surface area is 129 Å². The Kier molecular flexibility index (Phi) is 3.89. The van der Waals surface area contributed by atoms with Crippen LogP contribution in [0.2, 0.25) is 0 Å². The van der Waals surface area contributed by atoms with Crippen molar-refractivity contribution in [3.63, 3.8) is 0 Å². The Balaban J connectivity index is 1.84. The lowest BCUT2D eigenvalue weighted by Gasteiger charge is -2.01. The zero-order valence-corrected chi connectivity index (χ0v) is 13.3. The van der Waals surface area contributed by atoms with E-state index < -0.39 is 0 Å². The number of fused-ring (bicyclic) bond motifs is 1. The van der Waals surface area contributed by atoms with E-state index in [0.29, 0.717) is 0 Å². The van der Waals surface area contributed by atoms with Gasteiger partial charge in [0.2, 0.25) is 0 Å². The number of nitrogens with zero attached hydrogens (tertiary/aromatic N) is 1. The quantitative estimate of drug-likeness (QED) is 0.743. The van der Waals surface area contributed by atoms with Crippen LogP contribution in [0.15, 0.2) is 46.9 Å². The van der Waals surface area contributed by atoms with Crippen molar-refractivity contribution in [3.8, 4) is 5.75 Å². The van der Waals surface area contributed by atoms with Crippen molar-refractivity contribution in [2.24, 2.45) is 0 Å². The van der Waals surface area contributed by atoms with Crippen LogP contribution >= 0.6 is 27.3 Å². The van der Waals surface area contributed by atoms with Gasteiger partial charge in [0.1, 0.15) is 5.75 Å². The van der Waals surface area contributed by atoms with E-state index in [4.69, 9.17) is 4.74 Å². The first-order valence-corrected chi connectivity index (χ1v) is 7.79. The molecule has 0 atom stereocenters. The van der Waals surface area contributed by atoms with Crippen LogP contribution in [0.5, 0.6) is 5.75 Å². The fourth-order valence-corrected chi connectivity index (χ4v) is 3.51. The normalized spacial score (nSPS) is 10.7. The summed E-state index contributed by atoms with van der Waals surface area (Å²) in [6.07, 6.45) is 0. The van der Waals surface area contributed by atoms with Crippen LogP contribution in [0.1, 0.15) is 5.56 Å². The minimum Gasteiger partial charge on any atom is -0.497 e. The molecule has 0 unspecified atom stereocenters. The molecule has 0 aliphatic carbocycles. The van der Waals surface area contributed by atoms with E-state index in [1.54, 1.807) is 18.4 Å². The van der Waals surface area contributed by atoms with Gasteiger partial charge in [-0.1, -0.05) is 41.7 Å². The lowest BCUT2D eigenvalue weighted by molar-refractivity contribution is 0.415. The number of halogens is 1. The average Bonchev–Trinajstić information content (AvgIpc) is 2.89. The van der Waals surface area contributed by atoms with Gasteiger partial charge >= 0.3 is 0 Å². The zero-order valence-electron chi connectivity index (χ0n) is 10.9. The van der Waals surface area contributed by atoms with Crippen LogP contribution in [0.3, 0.4) is 0 Å². The molecule has 1 heterocycles. The topological polar surface area (TPSA) is 34.1 Å². The summed E-state index contributed by atoms with van der Waals surface area (Å²) in [6.45, 7) is 0.773. The maximum Gasteiger partial charge on any atom is 0.184 e. The van der Waals surface area contributed by atoms with Crippen LogP contribution in [0.25, 0.3) is 10.2 Å². The predicted octanol–water partition coefficient (Wildman–Crippen LogP) is 4.68. The van der Waals surface area contributed by atoms with Gasteiger partial charge in [-0.3, -0.25) is 0 Å². The summed E-state index contributed by atoms with van der Waals surface area (Å²) in [5.74, 6) is 0.836. The van der Waals surface area contributed by atoms with Crippen molar-refractivity contribution in [1.82, 2.24) is 4.98 Å². The molecule has 0 radical (unpaired) electrons. The van der Waals surface area contributed by atoms with Gasteiger partial charge in [-0.15, -0.1) is 0 Å². The highest BCUT2D eigenvalue weighted by Crippen LogP contribution is 2.34. The van der Waals surface area contributed by atoms with Crippen molar-refractivity contribution in [2.75, 3.05) is 12.4 Å². The summed E-state index contributed by atoms with van der Waals surface area (Å²) in [5.41, 5.74) is 2.20. The van der Waals surface area contributed by atoms with Crippen molar-refractivity contribution in [2.45, 2.75) is 6.54 Å². The number of rotatable bonds is 4. The lowest BCUT2D eigenvalue weighted by atomic mass is 10.2. The Morgan fingerprint density at radius 2 is 2.05 bits per heavy atom. The van der Waals surface area contributed by atoms with E-state index in [2.05, 4.69) is 38.4 Å². The number of methoxy groups -OCH3 is 1. The molecule has 1 N–H and O–H groups in total. The van der Waals surface area contributed by atoms with Crippen LogP contribution in [-0.4, -0.2) is 12.1 Å². The average molecular weight is 349 g/mol. The fourth-order valence-electron chi connectivity index (χ4n) is 1.93. The molecule has 0 aliphatic heterocycles. The minimum atomic E-state index is 0.773. The molecule has 0 fully saturated rings. The highest BCUT2D eigenvalue weighted by Gasteiger charge is 2.09. The molecule has 5 heteroatoms. The molecule has 102 valence electrons. The van der Waals surface area contributed by atoms with Gasteiger partial charge in [0, 0.05) is 11.0 Å². The van der Waals surface area contributed by atoms with E-state index in [1.807, 2.05) is 30.3 Å². The van der Waals surface area contributed by atoms with E-state index >= 15 is 0 Å². The molecule has 0 bridgehead atoms. The Bertz CT molecular complexity index is 727. The molecule has 0 spiro atoms. The number of nitrogens with one attached hydrogen (secondary N) is 1. The zero-order chi connectivity index (χ0) is 13.9. The first-order chi connectivity index (χ1) is 9.76. The SMILES string of the molecule is COc1cc(Br)c2nc(NCc3ccccc3)sc2c1. The first kappa shape index (κ1) is 13.4. The third-order valence-electron chi connectivity index (χ3n) is 2.94. The second-order valence-corrected chi connectivity index (χ2v) is 6.20. The number of anilines is 1. The predicted molar refractivity (Wildman–Crippen MR) is 87.6 cm³/mol. The maximum atomic E-state index is 5.27. The second kappa shape index (κ2) is 5.81. The number of hydrogen-bond donors (Lipinski definition) is 1. The highest BCUT2D eigenvalue weighted by atomic mass is 79.9. The number of thiazole rings is 1. The fraction of sp³-hybridized carbons (Fsp3) is 0.133. The van der Waals surface area contributed by atoms with Crippen molar-refractivity contribution in [3.05, 3.63) is 52.5 Å². The molecular weight excluding hydrogens is 336 g/mol. The van der Waals surface area contributed by atoms with Gasteiger partial charge in [-0.2, -0.15) is 0 Å². The number of aromatic nitrogens is 1. The van der Waals surface area contributed by atoms with Crippen molar-refractivity contribution >= 4 is 42.6 Å². The monoisotopic (exact) mass is 348 g/mol. The lowest BCUT2D eigenvalue weighted by Crippen LogP contribution is -1.98. The molecule has 3 aromatic rings. The summed E-state index contributed by atoms with van der Waals surface area (Å²) < 4.78 is 7.33. The Hall–Kier alpha value is -1.59. The van der Waals surface area contributed by atoms with E-state index in [1.165, 1.54) is 5.56 Å². The largest absolute Gasteiger partial charge is 0.497 e. The summed E-state index contributed by atoms with van der Waals surface area (Å²) in [7, 11) is 1.67. The van der Waals surface area contributed by atoms with Gasteiger partial charge in [-0.05, 0) is 33.6 Å². The molecule has 0 saturated heterocycles. The smallest absolute Gasteiger partial charge is 0.184 e. The highest BCUT2D eigenvalue weighted by molar-refractivity contribution is 9.10. The molecule has 0 aliphatic rings. The molecule has 3 rings (SSSR count). The summed E-state index contributed by atoms with van der Waals surface area (Å²) in [6, 6.07) is 14.2. The molecule has 0 amide bonds. The van der Waals surface area contributed by atoms with Crippen LogP contribution in [0.4, 0.5) is 5.13 Å². The summed E-state index contributed by atoms with van der Waals surface area (Å²) in [5, 5.41) is 4.28. The molecule has 20 heavy (non-hydrogen) atoms. The molecule has 3 nitrogen and oxygen atoms in total. The minimum absolute atomic E-state index is 0.773. The standard InChI is InChI=1S/C15H13BrN2OS/c1-19-11-7-12(16)14-13(8-11)20-15(18-14)17-9-10-5-3-2-4-6-10/h2-8H,9H2,1H3,(H,17,18). The van der Waals surface area contributed by atoms with Crippen LogP contribution in [0, 0.1) is 0 Å². The van der Waals surface area contributed by atoms with E-state index in [-0.39, 0.29) is 0 Å². The van der Waals surface area contributed by atoms with Gasteiger partial charge in [-0.25, -0.2) is 4.98 Å². The number of benzene rings is 2. The summed E-state index contributed by atoms with van der Waals surface area (Å²) in [4.78, 5) is 4.61. The third-order valence-corrected chi connectivity index (χ3v) is 4.51. The first-order valence-electron chi connectivity index (χ1n) is 6.18. The number of ether oxygens (including phenoxy) is 1. The van der Waals surface area contributed by atoms with Crippen molar-refractivity contribution in [1.29, 1.82) is 0 Å².